The number of amides is 1. The Morgan fingerprint density at radius 1 is 1.37 bits per heavy atom. The Bertz CT molecular complexity index is 381. The first kappa shape index (κ1) is 16.7. The van der Waals surface area contributed by atoms with E-state index in [1.54, 1.807) is 7.05 Å². The number of hydrogen-bond acceptors (Lipinski definition) is 4. The molecule has 0 saturated carbocycles. The molecule has 1 rings (SSSR count). The Labute approximate surface area is 119 Å². The van der Waals surface area contributed by atoms with Gasteiger partial charge in [-0.2, -0.15) is 0 Å². The molecule has 1 aliphatic heterocycles. The summed E-state index contributed by atoms with van der Waals surface area (Å²) >= 11 is 5.49. The number of hydrogen-bond donors (Lipinski definition) is 2. The molecule has 0 aliphatic carbocycles. The second-order valence-corrected chi connectivity index (χ2v) is 6.95. The number of piperidine rings is 1. The maximum Gasteiger partial charge on any atom is 0.233 e. The molecule has 0 radical (unpaired) electrons. The van der Waals surface area contributed by atoms with Gasteiger partial charge in [-0.05, 0) is 19.3 Å². The molecule has 0 aromatic heterocycles. The molecule has 1 saturated heterocycles. The fraction of sp³-hybridized carbons (Fsp3) is 0.909. The molecule has 1 aliphatic rings. The SMILES string of the molecule is CNC(=O)CN1CCC(NS(=O)(=O)CCCCl)CC1. The second-order valence-electron chi connectivity index (χ2n) is 4.70. The molecule has 19 heavy (non-hydrogen) atoms. The zero-order valence-corrected chi connectivity index (χ0v) is 12.8. The van der Waals surface area contributed by atoms with Gasteiger partial charge in [-0.1, -0.05) is 0 Å². The predicted molar refractivity (Wildman–Crippen MR) is 75.8 cm³/mol. The minimum absolute atomic E-state index is 0.0128. The molecule has 8 heteroatoms. The number of nitrogens with zero attached hydrogens (tertiary/aromatic N) is 1. The van der Waals surface area contributed by atoms with Gasteiger partial charge in [0, 0.05) is 32.1 Å². The van der Waals surface area contributed by atoms with E-state index >= 15 is 0 Å². The minimum atomic E-state index is -3.22. The molecule has 0 unspecified atom stereocenters. The van der Waals surface area contributed by atoms with Gasteiger partial charge in [0.1, 0.15) is 0 Å². The highest BCUT2D eigenvalue weighted by Gasteiger charge is 2.23. The van der Waals surface area contributed by atoms with E-state index in [2.05, 4.69) is 10.0 Å². The van der Waals surface area contributed by atoms with Crippen molar-refractivity contribution in [3.8, 4) is 0 Å². The third kappa shape index (κ3) is 6.56. The van der Waals surface area contributed by atoms with Crippen LogP contribution in [-0.4, -0.2) is 63.6 Å². The fourth-order valence-corrected chi connectivity index (χ4v) is 3.73. The quantitative estimate of drug-likeness (QED) is 0.635. The molecule has 0 bridgehead atoms. The lowest BCUT2D eigenvalue weighted by atomic mass is 10.1. The van der Waals surface area contributed by atoms with Gasteiger partial charge in [0.15, 0.2) is 0 Å². The highest BCUT2D eigenvalue weighted by molar-refractivity contribution is 7.89. The number of alkyl halides is 1. The monoisotopic (exact) mass is 311 g/mol. The van der Waals surface area contributed by atoms with Crippen LogP contribution in [0, 0.1) is 0 Å². The van der Waals surface area contributed by atoms with Gasteiger partial charge in [-0.25, -0.2) is 13.1 Å². The van der Waals surface area contributed by atoms with Crippen LogP contribution in [0.1, 0.15) is 19.3 Å². The lowest BCUT2D eigenvalue weighted by Crippen LogP contribution is -2.47. The van der Waals surface area contributed by atoms with Crippen molar-refractivity contribution in [1.29, 1.82) is 0 Å². The number of likely N-dealkylation sites (tertiary alicyclic amines) is 1. The first-order valence-electron chi connectivity index (χ1n) is 6.45. The first-order valence-corrected chi connectivity index (χ1v) is 8.64. The van der Waals surface area contributed by atoms with Crippen molar-refractivity contribution < 1.29 is 13.2 Å². The maximum absolute atomic E-state index is 11.7. The topological polar surface area (TPSA) is 78.5 Å². The van der Waals surface area contributed by atoms with Crippen LogP contribution in [0.3, 0.4) is 0 Å². The van der Waals surface area contributed by atoms with E-state index in [1.807, 2.05) is 4.90 Å². The molecule has 6 nitrogen and oxygen atoms in total. The Morgan fingerprint density at radius 2 is 2.00 bits per heavy atom. The molecule has 1 heterocycles. The minimum Gasteiger partial charge on any atom is -0.358 e. The highest BCUT2D eigenvalue weighted by Crippen LogP contribution is 2.11. The molecule has 1 fully saturated rings. The van der Waals surface area contributed by atoms with Gasteiger partial charge >= 0.3 is 0 Å². The molecule has 2 N–H and O–H groups in total. The molecule has 0 aromatic carbocycles. The van der Waals surface area contributed by atoms with Crippen LogP contribution in [0.5, 0.6) is 0 Å². The van der Waals surface area contributed by atoms with Gasteiger partial charge in [0.25, 0.3) is 0 Å². The van der Waals surface area contributed by atoms with Gasteiger partial charge in [-0.3, -0.25) is 9.69 Å². The zero-order valence-electron chi connectivity index (χ0n) is 11.2. The summed E-state index contributed by atoms with van der Waals surface area (Å²) in [7, 11) is -1.61. The van der Waals surface area contributed by atoms with E-state index in [-0.39, 0.29) is 17.7 Å². The third-order valence-corrected chi connectivity index (χ3v) is 4.91. The average Bonchev–Trinajstić information content (AvgIpc) is 2.38. The Hall–Kier alpha value is -0.370. The average molecular weight is 312 g/mol. The Balaban J connectivity index is 2.32. The summed E-state index contributed by atoms with van der Waals surface area (Å²) in [6.07, 6.45) is 1.93. The Kier molecular flexibility index (Phi) is 7.06. The molecule has 0 aromatic rings. The van der Waals surface area contributed by atoms with E-state index in [9.17, 15) is 13.2 Å². The van der Waals surface area contributed by atoms with Gasteiger partial charge in [-0.15, -0.1) is 11.6 Å². The normalized spacial score (nSPS) is 18.4. The summed E-state index contributed by atoms with van der Waals surface area (Å²) in [6.45, 7) is 1.84. The van der Waals surface area contributed by atoms with Crippen molar-refractivity contribution in [2.24, 2.45) is 0 Å². The lowest BCUT2D eigenvalue weighted by Gasteiger charge is -2.31. The van der Waals surface area contributed by atoms with Gasteiger partial charge < -0.3 is 5.32 Å². The summed E-state index contributed by atoms with van der Waals surface area (Å²) in [5, 5.41) is 2.58. The van der Waals surface area contributed by atoms with E-state index < -0.39 is 10.0 Å². The van der Waals surface area contributed by atoms with Crippen molar-refractivity contribution in [2.75, 3.05) is 38.3 Å². The summed E-state index contributed by atoms with van der Waals surface area (Å²) in [6, 6.07) is -0.0266. The number of halogens is 1. The van der Waals surface area contributed by atoms with E-state index in [0.717, 1.165) is 25.9 Å². The number of carbonyl (C=O) groups excluding carboxylic acids is 1. The summed E-state index contributed by atoms with van der Waals surface area (Å²) < 4.78 is 26.1. The van der Waals surface area contributed by atoms with Crippen molar-refractivity contribution in [3.05, 3.63) is 0 Å². The van der Waals surface area contributed by atoms with Crippen molar-refractivity contribution >= 4 is 27.5 Å². The lowest BCUT2D eigenvalue weighted by molar-refractivity contribution is -0.122. The smallest absolute Gasteiger partial charge is 0.233 e. The van der Waals surface area contributed by atoms with Gasteiger partial charge in [0.05, 0.1) is 12.3 Å². The van der Waals surface area contributed by atoms with Gasteiger partial charge in [0.2, 0.25) is 15.9 Å². The molecular weight excluding hydrogens is 290 g/mol. The number of nitrogens with one attached hydrogen (secondary N) is 2. The third-order valence-electron chi connectivity index (χ3n) is 3.13. The van der Waals surface area contributed by atoms with E-state index in [4.69, 9.17) is 11.6 Å². The molecule has 0 spiro atoms. The first-order chi connectivity index (χ1) is 8.96. The van der Waals surface area contributed by atoms with Crippen molar-refractivity contribution in [3.63, 3.8) is 0 Å². The highest BCUT2D eigenvalue weighted by atomic mass is 35.5. The van der Waals surface area contributed by atoms with Crippen LogP contribution in [0.2, 0.25) is 0 Å². The Morgan fingerprint density at radius 3 is 2.53 bits per heavy atom. The molecule has 1 amide bonds. The zero-order chi connectivity index (χ0) is 14.3. The number of carbonyl (C=O) groups is 1. The number of likely N-dealkylation sites (N-methyl/N-ethyl adjacent to an activating group) is 1. The van der Waals surface area contributed by atoms with Crippen LogP contribution >= 0.6 is 11.6 Å². The number of rotatable bonds is 7. The van der Waals surface area contributed by atoms with Crippen LogP contribution < -0.4 is 10.0 Å². The molecule has 112 valence electrons. The molecule has 0 atom stereocenters. The van der Waals surface area contributed by atoms with E-state index in [0.29, 0.717) is 18.8 Å². The van der Waals surface area contributed by atoms with Crippen LogP contribution in [0.25, 0.3) is 0 Å². The summed E-state index contributed by atoms with van der Waals surface area (Å²) in [4.78, 5) is 13.3. The second kappa shape index (κ2) is 8.04. The summed E-state index contributed by atoms with van der Waals surface area (Å²) in [5.74, 6) is 0.418. The standard InChI is InChI=1S/C11H22ClN3O3S/c1-13-11(16)9-15-6-3-10(4-7-15)14-19(17,18)8-2-5-12/h10,14H,2-9H2,1H3,(H,13,16). The number of sulfonamides is 1. The van der Waals surface area contributed by atoms with Crippen LogP contribution in [0.15, 0.2) is 0 Å². The van der Waals surface area contributed by atoms with Crippen LogP contribution in [-0.2, 0) is 14.8 Å². The summed E-state index contributed by atoms with van der Waals surface area (Å²) in [5.41, 5.74) is 0. The van der Waals surface area contributed by atoms with Crippen molar-refractivity contribution in [1.82, 2.24) is 14.9 Å². The predicted octanol–water partition coefficient (Wildman–Crippen LogP) is -0.255. The molecular formula is C11H22ClN3O3S. The largest absolute Gasteiger partial charge is 0.358 e. The van der Waals surface area contributed by atoms with Crippen molar-refractivity contribution in [2.45, 2.75) is 25.3 Å². The maximum atomic E-state index is 11.7. The van der Waals surface area contributed by atoms with E-state index in [1.165, 1.54) is 0 Å². The fourth-order valence-electron chi connectivity index (χ4n) is 2.05. The van der Waals surface area contributed by atoms with Crippen LogP contribution in [0.4, 0.5) is 0 Å².